The van der Waals surface area contributed by atoms with Gasteiger partial charge in [-0.2, -0.15) is 0 Å². The first kappa shape index (κ1) is 19.6. The molecular weight excluding hydrogens is 384 g/mol. The van der Waals surface area contributed by atoms with Crippen molar-refractivity contribution in [3.8, 4) is 0 Å². The fourth-order valence-corrected chi connectivity index (χ4v) is 6.32. The Labute approximate surface area is 192 Å². The topological polar surface area (TPSA) is 0 Å². The van der Waals surface area contributed by atoms with Crippen LogP contribution in [0.5, 0.6) is 0 Å². The molecule has 0 heteroatoms. The molecule has 32 heavy (non-hydrogen) atoms. The molecule has 0 nitrogen and oxygen atoms in total. The lowest BCUT2D eigenvalue weighted by Gasteiger charge is -2.28. The third-order valence-corrected chi connectivity index (χ3v) is 7.73. The van der Waals surface area contributed by atoms with E-state index in [4.69, 9.17) is 0 Å². The lowest BCUT2D eigenvalue weighted by atomic mass is 9.75. The molecule has 0 saturated heterocycles. The van der Waals surface area contributed by atoms with Crippen LogP contribution >= 0.6 is 0 Å². The van der Waals surface area contributed by atoms with Gasteiger partial charge in [-0.05, 0) is 89.0 Å². The molecule has 0 fully saturated rings. The molecule has 4 aromatic rings. The maximum absolute atomic E-state index is 2.42. The normalized spacial score (nSPS) is 17.7. The zero-order chi connectivity index (χ0) is 21.3. The average Bonchev–Trinajstić information content (AvgIpc) is 3.49. The zero-order valence-corrected chi connectivity index (χ0v) is 18.6. The molecule has 0 heterocycles. The second-order valence-corrected chi connectivity index (χ2v) is 9.52. The molecule has 158 valence electrons. The maximum atomic E-state index is 2.42. The number of rotatable bonds is 5. The van der Waals surface area contributed by atoms with Crippen LogP contribution < -0.4 is 0 Å². The van der Waals surface area contributed by atoms with E-state index < -0.39 is 0 Å². The van der Waals surface area contributed by atoms with Crippen molar-refractivity contribution in [3.05, 3.63) is 142 Å². The van der Waals surface area contributed by atoms with Crippen LogP contribution in [0.15, 0.2) is 97.1 Å². The van der Waals surface area contributed by atoms with Gasteiger partial charge >= 0.3 is 0 Å². The molecule has 2 aliphatic carbocycles. The SMILES string of the molecule is c1ccc(Cc2cccc3c2CCC3C(c2ccccc2)c2cccc3c2CCC3)cc1. The Morgan fingerprint density at radius 1 is 0.656 bits per heavy atom. The summed E-state index contributed by atoms with van der Waals surface area (Å²) < 4.78 is 0. The molecule has 6 rings (SSSR count). The molecular formula is C32H30. The van der Waals surface area contributed by atoms with Gasteiger partial charge in [0.15, 0.2) is 0 Å². The van der Waals surface area contributed by atoms with Crippen LogP contribution in [-0.2, 0) is 25.7 Å². The molecule has 4 aromatic carbocycles. The first-order valence-corrected chi connectivity index (χ1v) is 12.2. The fraction of sp³-hybridized carbons (Fsp3) is 0.250. The molecule has 2 unspecified atom stereocenters. The molecule has 0 amide bonds. The number of benzene rings is 4. The number of hydrogen-bond acceptors (Lipinski definition) is 0. The Kier molecular flexibility index (Phi) is 5.15. The standard InChI is InChI=1S/C32H30/c1-3-10-23(11-4-1)22-26-16-9-18-29-28(26)20-21-31(29)32(25-12-5-2-6-13-25)30-19-8-15-24-14-7-17-27(24)30/h1-6,8-13,15-16,18-19,31-32H,7,14,17,20-22H2. The van der Waals surface area contributed by atoms with Crippen LogP contribution in [-0.4, -0.2) is 0 Å². The monoisotopic (exact) mass is 414 g/mol. The highest BCUT2D eigenvalue weighted by molar-refractivity contribution is 5.51. The van der Waals surface area contributed by atoms with Gasteiger partial charge in [-0.15, -0.1) is 0 Å². The van der Waals surface area contributed by atoms with Crippen LogP contribution in [0, 0.1) is 0 Å². The predicted molar refractivity (Wildman–Crippen MR) is 134 cm³/mol. The van der Waals surface area contributed by atoms with Crippen LogP contribution in [0.3, 0.4) is 0 Å². The minimum atomic E-state index is 0.442. The quantitative estimate of drug-likeness (QED) is 0.315. The molecule has 0 bridgehead atoms. The highest BCUT2D eigenvalue weighted by Gasteiger charge is 2.34. The van der Waals surface area contributed by atoms with Crippen LogP contribution in [0.1, 0.15) is 69.2 Å². The highest BCUT2D eigenvalue weighted by atomic mass is 14.4. The lowest BCUT2D eigenvalue weighted by molar-refractivity contribution is 0.595. The Balaban J connectivity index is 1.44. The summed E-state index contributed by atoms with van der Waals surface area (Å²) in [6.07, 6.45) is 7.26. The number of fused-ring (bicyclic) bond motifs is 2. The first-order chi connectivity index (χ1) is 15.9. The van der Waals surface area contributed by atoms with Crippen molar-refractivity contribution >= 4 is 0 Å². The van der Waals surface area contributed by atoms with Crippen molar-refractivity contribution in [2.45, 2.75) is 50.4 Å². The second-order valence-electron chi connectivity index (χ2n) is 9.52. The van der Waals surface area contributed by atoms with Gasteiger partial charge in [0.2, 0.25) is 0 Å². The molecule has 2 aliphatic rings. The zero-order valence-electron chi connectivity index (χ0n) is 18.6. The van der Waals surface area contributed by atoms with Crippen LogP contribution in [0.4, 0.5) is 0 Å². The van der Waals surface area contributed by atoms with Crippen molar-refractivity contribution in [1.29, 1.82) is 0 Å². The minimum absolute atomic E-state index is 0.442. The van der Waals surface area contributed by atoms with Gasteiger partial charge in [0.05, 0.1) is 0 Å². The summed E-state index contributed by atoms with van der Waals surface area (Å²) in [5.41, 5.74) is 12.4. The van der Waals surface area contributed by atoms with Crippen molar-refractivity contribution in [1.82, 2.24) is 0 Å². The predicted octanol–water partition coefficient (Wildman–Crippen LogP) is 7.63. The molecule has 0 aromatic heterocycles. The number of hydrogen-bond donors (Lipinski definition) is 0. The third-order valence-electron chi connectivity index (χ3n) is 7.73. The molecule has 2 atom stereocenters. The van der Waals surface area contributed by atoms with Crippen molar-refractivity contribution < 1.29 is 0 Å². The molecule has 0 aliphatic heterocycles. The fourth-order valence-electron chi connectivity index (χ4n) is 6.32. The molecule has 0 spiro atoms. The van der Waals surface area contributed by atoms with E-state index in [1.807, 2.05) is 0 Å². The van der Waals surface area contributed by atoms with Gasteiger partial charge < -0.3 is 0 Å². The van der Waals surface area contributed by atoms with Gasteiger partial charge in [0.1, 0.15) is 0 Å². The van der Waals surface area contributed by atoms with Crippen molar-refractivity contribution in [3.63, 3.8) is 0 Å². The van der Waals surface area contributed by atoms with E-state index in [-0.39, 0.29) is 0 Å². The summed E-state index contributed by atoms with van der Waals surface area (Å²) in [4.78, 5) is 0. The Hall–Kier alpha value is -3.12. The average molecular weight is 415 g/mol. The third kappa shape index (κ3) is 3.48. The molecule has 0 N–H and O–H groups in total. The van der Waals surface area contributed by atoms with Gasteiger partial charge in [-0.3, -0.25) is 0 Å². The largest absolute Gasteiger partial charge is 0.0622 e. The summed E-state index contributed by atoms with van der Waals surface area (Å²) in [5, 5.41) is 0. The lowest BCUT2D eigenvalue weighted by Crippen LogP contribution is -2.13. The summed E-state index contributed by atoms with van der Waals surface area (Å²) >= 11 is 0. The van der Waals surface area contributed by atoms with E-state index in [1.54, 1.807) is 27.8 Å². The summed E-state index contributed by atoms with van der Waals surface area (Å²) in [5.74, 6) is 0.993. The second kappa shape index (κ2) is 8.43. The summed E-state index contributed by atoms with van der Waals surface area (Å²) in [6, 6.07) is 36.4. The minimum Gasteiger partial charge on any atom is -0.0622 e. The van der Waals surface area contributed by atoms with E-state index in [0.29, 0.717) is 11.8 Å². The van der Waals surface area contributed by atoms with E-state index in [9.17, 15) is 0 Å². The van der Waals surface area contributed by atoms with Crippen molar-refractivity contribution in [2.75, 3.05) is 0 Å². The van der Waals surface area contributed by atoms with E-state index in [0.717, 1.165) is 6.42 Å². The Morgan fingerprint density at radius 2 is 1.44 bits per heavy atom. The molecule has 0 saturated carbocycles. The van der Waals surface area contributed by atoms with Crippen LogP contribution in [0.2, 0.25) is 0 Å². The van der Waals surface area contributed by atoms with Gasteiger partial charge in [0.25, 0.3) is 0 Å². The Bertz CT molecular complexity index is 1220. The summed E-state index contributed by atoms with van der Waals surface area (Å²) in [7, 11) is 0. The van der Waals surface area contributed by atoms with Gasteiger partial charge in [-0.1, -0.05) is 97.1 Å². The first-order valence-electron chi connectivity index (χ1n) is 12.2. The Morgan fingerprint density at radius 3 is 2.28 bits per heavy atom. The highest BCUT2D eigenvalue weighted by Crippen LogP contribution is 2.49. The van der Waals surface area contributed by atoms with Gasteiger partial charge in [0, 0.05) is 5.92 Å². The van der Waals surface area contributed by atoms with Crippen molar-refractivity contribution in [2.24, 2.45) is 0 Å². The van der Waals surface area contributed by atoms with E-state index in [1.165, 1.54) is 48.8 Å². The number of aryl methyl sites for hydroxylation is 1. The van der Waals surface area contributed by atoms with Crippen LogP contribution in [0.25, 0.3) is 0 Å². The van der Waals surface area contributed by atoms with E-state index >= 15 is 0 Å². The van der Waals surface area contributed by atoms with Gasteiger partial charge in [-0.25, -0.2) is 0 Å². The smallest absolute Gasteiger partial charge is 0.0161 e. The summed E-state index contributed by atoms with van der Waals surface area (Å²) in [6.45, 7) is 0. The van der Waals surface area contributed by atoms with E-state index in [2.05, 4.69) is 97.1 Å². The molecule has 0 radical (unpaired) electrons. The maximum Gasteiger partial charge on any atom is 0.0161 e.